The van der Waals surface area contributed by atoms with Crippen molar-refractivity contribution in [3.05, 3.63) is 82.9 Å². The number of aliphatic hydroxyl groups excluding tert-OH is 1. The molecule has 216 valence electrons. The number of nitrogens with zero attached hydrogens (tertiary/aromatic N) is 2. The van der Waals surface area contributed by atoms with E-state index in [-0.39, 0.29) is 17.4 Å². The molecule has 0 unspecified atom stereocenters. The lowest BCUT2D eigenvalue weighted by Crippen LogP contribution is -2.29. The largest absolute Gasteiger partial charge is 0.507 e. The number of carbonyl (C=O) groups excluding carboxylic acids is 2. The van der Waals surface area contributed by atoms with Crippen molar-refractivity contribution in [2.45, 2.75) is 52.2 Å². The van der Waals surface area contributed by atoms with Gasteiger partial charge in [-0.1, -0.05) is 36.8 Å². The summed E-state index contributed by atoms with van der Waals surface area (Å²) in [4.78, 5) is 33.5. The van der Waals surface area contributed by atoms with Gasteiger partial charge < -0.3 is 19.3 Å². The van der Waals surface area contributed by atoms with Gasteiger partial charge in [0.1, 0.15) is 29.1 Å². The van der Waals surface area contributed by atoms with E-state index in [9.17, 15) is 14.7 Å². The molecule has 1 saturated heterocycles. The van der Waals surface area contributed by atoms with Crippen LogP contribution in [0.3, 0.4) is 0 Å². The number of benzene rings is 3. The van der Waals surface area contributed by atoms with E-state index in [4.69, 9.17) is 19.2 Å². The zero-order valence-corrected chi connectivity index (χ0v) is 24.6. The molecule has 1 amide bonds. The van der Waals surface area contributed by atoms with Crippen molar-refractivity contribution in [3.63, 3.8) is 0 Å². The maximum atomic E-state index is 13.7. The van der Waals surface area contributed by atoms with Gasteiger partial charge in [-0.05, 0) is 79.9 Å². The van der Waals surface area contributed by atoms with E-state index < -0.39 is 17.7 Å². The standard InChI is InChI=1S/C33H32N2O6S/c1-4-6-15-40-23-10-7-20(8-11-23)29-28(30(36)21-9-14-26-22(17-21)16-19(3)41-26)31(37)32(38)35(29)33-34-25-13-12-24(39-5-2)18-27(25)42-33/h7-14,17-19,29,36H,4-6,15-16H2,1-3H3/b30-28+/t19-,29+/m1/s1. The first-order valence-electron chi connectivity index (χ1n) is 14.2. The van der Waals surface area contributed by atoms with Gasteiger partial charge in [0.25, 0.3) is 5.78 Å². The van der Waals surface area contributed by atoms with Crippen molar-refractivity contribution in [2.75, 3.05) is 18.1 Å². The number of carbonyl (C=O) groups is 2. The Hall–Kier alpha value is -4.37. The highest BCUT2D eigenvalue weighted by molar-refractivity contribution is 7.22. The lowest BCUT2D eigenvalue weighted by Gasteiger charge is -2.23. The molecule has 2 aliphatic rings. The third-order valence-electron chi connectivity index (χ3n) is 7.44. The van der Waals surface area contributed by atoms with Gasteiger partial charge in [0, 0.05) is 12.0 Å². The third-order valence-corrected chi connectivity index (χ3v) is 8.46. The predicted molar refractivity (Wildman–Crippen MR) is 163 cm³/mol. The van der Waals surface area contributed by atoms with Crippen molar-refractivity contribution >= 4 is 44.1 Å². The number of aromatic nitrogens is 1. The van der Waals surface area contributed by atoms with Crippen molar-refractivity contribution < 1.29 is 28.9 Å². The number of ketones is 1. The first-order chi connectivity index (χ1) is 20.4. The predicted octanol–water partition coefficient (Wildman–Crippen LogP) is 6.82. The molecular formula is C33H32N2O6S. The SMILES string of the molecule is CCCCOc1ccc([C@H]2/C(=C(\O)c3ccc4c(c3)C[C@@H](C)O4)C(=O)C(=O)N2c2nc3ccc(OCC)cc3s2)cc1. The molecule has 0 spiro atoms. The number of rotatable bonds is 9. The Morgan fingerprint density at radius 1 is 1.05 bits per heavy atom. The number of anilines is 1. The fraction of sp³-hybridized carbons (Fsp3) is 0.303. The van der Waals surface area contributed by atoms with E-state index in [1.807, 2.05) is 62.4 Å². The molecule has 9 heteroatoms. The normalized spacial score (nSPS) is 19.3. The Morgan fingerprint density at radius 2 is 1.83 bits per heavy atom. The lowest BCUT2D eigenvalue weighted by molar-refractivity contribution is -0.132. The monoisotopic (exact) mass is 584 g/mol. The van der Waals surface area contributed by atoms with Gasteiger partial charge in [0.2, 0.25) is 0 Å². The van der Waals surface area contributed by atoms with Crippen molar-refractivity contribution in [1.82, 2.24) is 4.98 Å². The summed E-state index contributed by atoms with van der Waals surface area (Å²) >= 11 is 1.30. The number of hydrogen-bond acceptors (Lipinski definition) is 8. The summed E-state index contributed by atoms with van der Waals surface area (Å²) in [5.41, 5.74) is 2.76. The highest BCUT2D eigenvalue weighted by Crippen LogP contribution is 2.45. The molecule has 2 atom stereocenters. The second-order valence-electron chi connectivity index (χ2n) is 10.5. The van der Waals surface area contributed by atoms with E-state index in [1.165, 1.54) is 16.2 Å². The highest BCUT2D eigenvalue weighted by atomic mass is 32.1. The molecule has 1 fully saturated rings. The fourth-order valence-electron chi connectivity index (χ4n) is 5.40. The van der Waals surface area contributed by atoms with E-state index in [2.05, 4.69) is 6.92 Å². The number of unbranched alkanes of at least 4 members (excludes halogenated alkanes) is 1. The molecule has 42 heavy (non-hydrogen) atoms. The molecule has 6 rings (SSSR count). The number of thiazole rings is 1. The van der Waals surface area contributed by atoms with Crippen LogP contribution in [0.15, 0.2) is 66.2 Å². The fourth-order valence-corrected chi connectivity index (χ4v) is 6.42. The summed E-state index contributed by atoms with van der Waals surface area (Å²) in [7, 11) is 0. The highest BCUT2D eigenvalue weighted by Gasteiger charge is 2.48. The first kappa shape index (κ1) is 27.8. The molecule has 0 radical (unpaired) electrons. The van der Waals surface area contributed by atoms with Crippen LogP contribution in [-0.4, -0.2) is 41.1 Å². The van der Waals surface area contributed by atoms with Gasteiger partial charge in [-0.3, -0.25) is 14.5 Å². The Bertz CT molecular complexity index is 1690. The van der Waals surface area contributed by atoms with Crippen LogP contribution in [-0.2, 0) is 16.0 Å². The molecule has 1 aromatic heterocycles. The summed E-state index contributed by atoms with van der Waals surface area (Å²) in [6.45, 7) is 7.12. The third kappa shape index (κ3) is 5.09. The van der Waals surface area contributed by atoms with Gasteiger partial charge in [0.05, 0.1) is 35.0 Å². The zero-order valence-electron chi connectivity index (χ0n) is 23.8. The summed E-state index contributed by atoms with van der Waals surface area (Å²) < 4.78 is 18.1. The van der Waals surface area contributed by atoms with Crippen LogP contribution in [0.1, 0.15) is 56.3 Å². The minimum absolute atomic E-state index is 0.0147. The second kappa shape index (κ2) is 11.5. The number of aliphatic hydroxyl groups is 1. The molecule has 1 N–H and O–H groups in total. The van der Waals surface area contributed by atoms with Crippen LogP contribution in [0.25, 0.3) is 16.0 Å². The Balaban J connectivity index is 1.46. The summed E-state index contributed by atoms with van der Waals surface area (Å²) in [5.74, 6) is 0.418. The van der Waals surface area contributed by atoms with E-state index in [1.54, 1.807) is 12.1 Å². The molecule has 8 nitrogen and oxygen atoms in total. The van der Waals surface area contributed by atoms with Crippen LogP contribution >= 0.6 is 11.3 Å². The van der Waals surface area contributed by atoms with E-state index >= 15 is 0 Å². The van der Waals surface area contributed by atoms with E-state index in [0.717, 1.165) is 28.9 Å². The first-order valence-corrected chi connectivity index (χ1v) is 15.1. The maximum Gasteiger partial charge on any atom is 0.301 e. The van der Waals surface area contributed by atoms with Gasteiger partial charge in [-0.2, -0.15) is 0 Å². The zero-order chi connectivity index (χ0) is 29.4. The molecule has 0 saturated carbocycles. The molecule has 3 aromatic carbocycles. The smallest absolute Gasteiger partial charge is 0.301 e. The average molecular weight is 585 g/mol. The summed E-state index contributed by atoms with van der Waals surface area (Å²) in [5, 5.41) is 12.0. The minimum Gasteiger partial charge on any atom is -0.507 e. The summed E-state index contributed by atoms with van der Waals surface area (Å²) in [6.07, 6.45) is 2.69. The van der Waals surface area contributed by atoms with E-state index in [0.29, 0.717) is 52.9 Å². The maximum absolute atomic E-state index is 13.7. The van der Waals surface area contributed by atoms with Gasteiger partial charge in [-0.15, -0.1) is 0 Å². The quantitative estimate of drug-likeness (QED) is 0.0997. The molecular weight excluding hydrogens is 552 g/mol. The van der Waals surface area contributed by atoms with Crippen molar-refractivity contribution in [2.24, 2.45) is 0 Å². The van der Waals surface area contributed by atoms with Crippen molar-refractivity contribution in [1.29, 1.82) is 0 Å². The second-order valence-corrected chi connectivity index (χ2v) is 11.5. The average Bonchev–Trinajstić information content (AvgIpc) is 3.65. The Morgan fingerprint density at radius 3 is 2.60 bits per heavy atom. The van der Waals surface area contributed by atoms with Gasteiger partial charge >= 0.3 is 5.91 Å². The van der Waals surface area contributed by atoms with Crippen molar-refractivity contribution in [3.8, 4) is 17.2 Å². The lowest BCUT2D eigenvalue weighted by atomic mass is 9.94. The number of Topliss-reactive ketones (excluding diaryl/α,β-unsaturated/α-hetero) is 1. The van der Waals surface area contributed by atoms with Crippen LogP contribution in [0.2, 0.25) is 0 Å². The number of fused-ring (bicyclic) bond motifs is 2. The number of amides is 1. The molecule has 0 aliphatic carbocycles. The van der Waals surface area contributed by atoms with Crippen LogP contribution in [0.4, 0.5) is 5.13 Å². The molecule has 0 bridgehead atoms. The van der Waals surface area contributed by atoms with Gasteiger partial charge in [-0.25, -0.2) is 4.98 Å². The molecule has 2 aliphatic heterocycles. The topological polar surface area (TPSA) is 98.2 Å². The minimum atomic E-state index is -0.884. The van der Waals surface area contributed by atoms with Gasteiger partial charge in [0.15, 0.2) is 5.13 Å². The summed E-state index contributed by atoms with van der Waals surface area (Å²) in [6, 6.07) is 17.3. The Labute approximate surface area is 248 Å². The molecule has 4 aromatic rings. The van der Waals surface area contributed by atoms with Crippen LogP contribution in [0, 0.1) is 0 Å². The number of hydrogen-bond donors (Lipinski definition) is 1. The number of ether oxygens (including phenoxy) is 3. The Kier molecular flexibility index (Phi) is 7.60. The van der Waals surface area contributed by atoms with Crippen LogP contribution in [0.5, 0.6) is 17.2 Å². The molecule has 3 heterocycles. The van der Waals surface area contributed by atoms with Crippen LogP contribution < -0.4 is 19.1 Å².